The van der Waals surface area contributed by atoms with Crippen molar-refractivity contribution in [2.24, 2.45) is 5.92 Å². The van der Waals surface area contributed by atoms with E-state index in [2.05, 4.69) is 10.3 Å². The summed E-state index contributed by atoms with van der Waals surface area (Å²) in [6.45, 7) is 3.83. The summed E-state index contributed by atoms with van der Waals surface area (Å²) in [5.41, 5.74) is 4.07. The molecule has 31 heavy (non-hydrogen) atoms. The summed E-state index contributed by atoms with van der Waals surface area (Å²) in [7, 11) is 1.66. The molecule has 2 aromatic carbocycles. The third-order valence-electron chi connectivity index (χ3n) is 6.12. The summed E-state index contributed by atoms with van der Waals surface area (Å²) in [6.07, 6.45) is 4.15. The number of nitrogens with one attached hydrogen (secondary N) is 2. The molecule has 4 rings (SSSR count). The molecule has 6 heteroatoms. The summed E-state index contributed by atoms with van der Waals surface area (Å²) in [4.78, 5) is 30.4. The van der Waals surface area contributed by atoms with E-state index in [1.807, 2.05) is 60.5 Å². The average Bonchev–Trinajstić information content (AvgIpc) is 3.21. The number of methoxy groups -OCH3 is 1. The Labute approximate surface area is 182 Å². The quantitative estimate of drug-likeness (QED) is 0.640. The molecule has 1 aliphatic heterocycles. The van der Waals surface area contributed by atoms with E-state index in [0.29, 0.717) is 38.0 Å². The largest absolute Gasteiger partial charge is 0.497 e. The molecule has 2 heterocycles. The van der Waals surface area contributed by atoms with E-state index < -0.39 is 0 Å². The van der Waals surface area contributed by atoms with Crippen molar-refractivity contribution in [2.75, 3.05) is 26.7 Å². The minimum Gasteiger partial charge on any atom is -0.497 e. The van der Waals surface area contributed by atoms with Crippen LogP contribution in [0.1, 0.15) is 34.3 Å². The van der Waals surface area contributed by atoms with Crippen LogP contribution in [0.4, 0.5) is 0 Å². The van der Waals surface area contributed by atoms with E-state index in [4.69, 9.17) is 4.74 Å². The van der Waals surface area contributed by atoms with Gasteiger partial charge in [0.1, 0.15) is 5.75 Å². The maximum atomic E-state index is 12.7. The van der Waals surface area contributed by atoms with Gasteiger partial charge >= 0.3 is 0 Å². The van der Waals surface area contributed by atoms with Crippen molar-refractivity contribution in [3.8, 4) is 5.75 Å². The maximum Gasteiger partial charge on any atom is 0.253 e. The van der Waals surface area contributed by atoms with Gasteiger partial charge in [-0.15, -0.1) is 0 Å². The molecule has 1 aromatic heterocycles. The first-order valence-corrected chi connectivity index (χ1v) is 10.8. The number of aromatic amines is 1. The van der Waals surface area contributed by atoms with Gasteiger partial charge in [-0.2, -0.15) is 0 Å². The number of hydrogen-bond donors (Lipinski definition) is 2. The highest BCUT2D eigenvalue weighted by molar-refractivity contribution is 5.94. The number of amides is 2. The Kier molecular flexibility index (Phi) is 6.26. The highest BCUT2D eigenvalue weighted by atomic mass is 16.5. The normalized spacial score (nSPS) is 14.6. The predicted molar refractivity (Wildman–Crippen MR) is 121 cm³/mol. The minimum absolute atomic E-state index is 0.0369. The second-order valence-corrected chi connectivity index (χ2v) is 8.20. The fourth-order valence-corrected chi connectivity index (χ4v) is 4.18. The summed E-state index contributed by atoms with van der Waals surface area (Å²) >= 11 is 0. The number of ether oxygens (including phenoxy) is 1. The number of rotatable bonds is 6. The Morgan fingerprint density at radius 2 is 1.87 bits per heavy atom. The van der Waals surface area contributed by atoms with Crippen molar-refractivity contribution < 1.29 is 14.3 Å². The van der Waals surface area contributed by atoms with Crippen molar-refractivity contribution in [1.82, 2.24) is 15.2 Å². The zero-order chi connectivity index (χ0) is 21.8. The van der Waals surface area contributed by atoms with Gasteiger partial charge in [-0.05, 0) is 62.1 Å². The van der Waals surface area contributed by atoms with Crippen LogP contribution in [-0.2, 0) is 11.2 Å². The molecule has 0 spiro atoms. The topological polar surface area (TPSA) is 74.4 Å². The standard InChI is InChI=1S/C25H29N3O3/c1-17-3-5-19(6-4-17)25(30)28-13-10-18(11-14-28)24(29)26-12-9-20-16-27-23-8-7-21(31-2)15-22(20)23/h3-8,15-16,18,27H,9-14H2,1-2H3,(H,26,29). The first-order chi connectivity index (χ1) is 15.0. The molecule has 0 bridgehead atoms. The lowest BCUT2D eigenvalue weighted by atomic mass is 9.95. The third kappa shape index (κ3) is 4.74. The molecule has 0 aliphatic carbocycles. The van der Waals surface area contributed by atoms with Crippen molar-refractivity contribution in [3.05, 3.63) is 65.4 Å². The molecule has 6 nitrogen and oxygen atoms in total. The van der Waals surface area contributed by atoms with Gasteiger partial charge < -0.3 is 19.9 Å². The van der Waals surface area contributed by atoms with Crippen LogP contribution in [0.2, 0.25) is 0 Å². The molecule has 2 amide bonds. The van der Waals surface area contributed by atoms with Gasteiger partial charge in [0.25, 0.3) is 5.91 Å². The van der Waals surface area contributed by atoms with Gasteiger partial charge in [-0.25, -0.2) is 0 Å². The number of carbonyl (C=O) groups excluding carboxylic acids is 2. The smallest absolute Gasteiger partial charge is 0.253 e. The SMILES string of the molecule is COc1ccc2[nH]cc(CCNC(=O)C3CCN(C(=O)c4ccc(C)cc4)CC3)c2c1. The molecule has 0 atom stereocenters. The van der Waals surface area contributed by atoms with Crippen molar-refractivity contribution in [3.63, 3.8) is 0 Å². The number of benzene rings is 2. The van der Waals surface area contributed by atoms with Gasteiger partial charge in [0.05, 0.1) is 7.11 Å². The third-order valence-corrected chi connectivity index (χ3v) is 6.12. The van der Waals surface area contributed by atoms with Crippen molar-refractivity contribution in [1.29, 1.82) is 0 Å². The number of aryl methyl sites for hydroxylation is 1. The van der Waals surface area contributed by atoms with Gasteiger partial charge in [0.2, 0.25) is 5.91 Å². The Hall–Kier alpha value is -3.28. The zero-order valence-electron chi connectivity index (χ0n) is 18.1. The van der Waals surface area contributed by atoms with Crippen LogP contribution in [0.15, 0.2) is 48.7 Å². The molecule has 2 N–H and O–H groups in total. The Morgan fingerprint density at radius 1 is 1.13 bits per heavy atom. The van der Waals surface area contributed by atoms with Gasteiger partial charge in [-0.3, -0.25) is 9.59 Å². The molecular formula is C25H29N3O3. The van der Waals surface area contributed by atoms with E-state index in [1.165, 1.54) is 0 Å². The molecule has 1 aliphatic rings. The van der Waals surface area contributed by atoms with Crippen LogP contribution in [0, 0.1) is 12.8 Å². The molecule has 0 unspecified atom stereocenters. The lowest BCUT2D eigenvalue weighted by molar-refractivity contribution is -0.126. The molecule has 162 valence electrons. The highest BCUT2D eigenvalue weighted by Gasteiger charge is 2.27. The molecule has 0 radical (unpaired) electrons. The van der Waals surface area contributed by atoms with Gasteiger partial charge in [0, 0.05) is 48.2 Å². The number of fused-ring (bicyclic) bond motifs is 1. The fourth-order valence-electron chi connectivity index (χ4n) is 4.18. The summed E-state index contributed by atoms with van der Waals surface area (Å²) < 4.78 is 5.32. The lowest BCUT2D eigenvalue weighted by Crippen LogP contribution is -2.43. The van der Waals surface area contributed by atoms with E-state index in [9.17, 15) is 9.59 Å². The van der Waals surface area contributed by atoms with Crippen molar-refractivity contribution in [2.45, 2.75) is 26.2 Å². The van der Waals surface area contributed by atoms with E-state index in [-0.39, 0.29) is 17.7 Å². The van der Waals surface area contributed by atoms with E-state index in [1.54, 1.807) is 7.11 Å². The summed E-state index contributed by atoms with van der Waals surface area (Å²) in [5, 5.41) is 4.20. The fraction of sp³-hybridized carbons (Fsp3) is 0.360. The second-order valence-electron chi connectivity index (χ2n) is 8.20. The van der Waals surface area contributed by atoms with Crippen molar-refractivity contribution >= 4 is 22.7 Å². The maximum absolute atomic E-state index is 12.7. The number of nitrogens with zero attached hydrogens (tertiary/aromatic N) is 1. The Morgan fingerprint density at radius 3 is 2.58 bits per heavy atom. The number of H-pyrrole nitrogens is 1. The number of piperidine rings is 1. The van der Waals surface area contributed by atoms with Crippen LogP contribution in [-0.4, -0.2) is 48.4 Å². The summed E-state index contributed by atoms with van der Waals surface area (Å²) in [6, 6.07) is 13.6. The van der Waals surface area contributed by atoms with E-state index >= 15 is 0 Å². The molecule has 0 saturated carbocycles. The molecule has 3 aromatic rings. The zero-order valence-corrected chi connectivity index (χ0v) is 18.1. The molecule has 1 saturated heterocycles. The number of hydrogen-bond acceptors (Lipinski definition) is 3. The monoisotopic (exact) mass is 419 g/mol. The van der Waals surface area contributed by atoms with Crippen LogP contribution in [0.3, 0.4) is 0 Å². The Balaban J connectivity index is 1.26. The van der Waals surface area contributed by atoms with Gasteiger partial charge in [0.15, 0.2) is 0 Å². The number of aromatic nitrogens is 1. The summed E-state index contributed by atoms with van der Waals surface area (Å²) in [5.74, 6) is 0.919. The van der Waals surface area contributed by atoms with Gasteiger partial charge in [-0.1, -0.05) is 17.7 Å². The Bertz CT molecular complexity index is 1060. The van der Waals surface area contributed by atoms with E-state index in [0.717, 1.165) is 34.2 Å². The minimum atomic E-state index is -0.0369. The first-order valence-electron chi connectivity index (χ1n) is 10.8. The number of carbonyl (C=O) groups is 2. The van der Waals surface area contributed by atoms with Crippen LogP contribution >= 0.6 is 0 Å². The lowest BCUT2D eigenvalue weighted by Gasteiger charge is -2.31. The highest BCUT2D eigenvalue weighted by Crippen LogP contribution is 2.24. The second kappa shape index (κ2) is 9.25. The average molecular weight is 420 g/mol. The molecule has 1 fully saturated rings. The first kappa shape index (κ1) is 21.0. The van der Waals surface area contributed by atoms with Crippen LogP contribution in [0.25, 0.3) is 10.9 Å². The van der Waals surface area contributed by atoms with Crippen LogP contribution in [0.5, 0.6) is 5.75 Å². The molecular weight excluding hydrogens is 390 g/mol. The predicted octanol–water partition coefficient (Wildman–Crippen LogP) is 3.70. The van der Waals surface area contributed by atoms with Crippen LogP contribution < -0.4 is 10.1 Å². The number of likely N-dealkylation sites (tertiary alicyclic amines) is 1.